The van der Waals surface area contributed by atoms with Gasteiger partial charge in [-0.15, -0.1) is 11.3 Å². The van der Waals surface area contributed by atoms with E-state index in [-0.39, 0.29) is 23.7 Å². The van der Waals surface area contributed by atoms with Crippen molar-refractivity contribution < 1.29 is 32.7 Å². The highest BCUT2D eigenvalue weighted by molar-refractivity contribution is 7.17. The first-order valence-corrected chi connectivity index (χ1v) is 9.71. The Bertz CT molecular complexity index is 1060. The minimum atomic E-state index is -0.591. The molecule has 0 atom stereocenters. The zero-order valence-corrected chi connectivity index (χ0v) is 16.3. The molecule has 1 aliphatic carbocycles. The Kier molecular flexibility index (Phi) is 5.22. The standard InChI is InChI=1S/C20H17NO7S/c1-25-19(23)11-7-9-27-14(11)10-28-20(24)16-12-4-2-6-15(12)29-18(16)21-17(22)13-5-3-8-26-13/h3,5,7-9H,2,4,6,10H2,1H3,(H,21,22). The van der Waals surface area contributed by atoms with Crippen LogP contribution < -0.4 is 5.32 Å². The van der Waals surface area contributed by atoms with Gasteiger partial charge in [-0.3, -0.25) is 4.79 Å². The molecular formula is C20H17NO7S. The zero-order valence-electron chi connectivity index (χ0n) is 15.5. The first kappa shape index (κ1) is 19.0. The smallest absolute Gasteiger partial charge is 0.341 e. The van der Waals surface area contributed by atoms with E-state index in [1.807, 2.05) is 0 Å². The highest BCUT2D eigenvalue weighted by Gasteiger charge is 2.29. The quantitative estimate of drug-likeness (QED) is 0.610. The summed E-state index contributed by atoms with van der Waals surface area (Å²) in [6, 6.07) is 4.60. The normalized spacial score (nSPS) is 12.4. The molecule has 0 aromatic carbocycles. The van der Waals surface area contributed by atoms with Crippen LogP contribution in [0.3, 0.4) is 0 Å². The second kappa shape index (κ2) is 7.96. The number of aryl methyl sites for hydroxylation is 1. The summed E-state index contributed by atoms with van der Waals surface area (Å²) in [6.07, 6.45) is 5.26. The maximum absolute atomic E-state index is 12.9. The van der Waals surface area contributed by atoms with Crippen molar-refractivity contribution in [2.45, 2.75) is 25.9 Å². The lowest BCUT2D eigenvalue weighted by Gasteiger charge is -2.08. The van der Waals surface area contributed by atoms with Gasteiger partial charge < -0.3 is 23.6 Å². The fourth-order valence-corrected chi connectivity index (χ4v) is 4.50. The number of anilines is 1. The van der Waals surface area contributed by atoms with Crippen molar-refractivity contribution in [2.24, 2.45) is 0 Å². The Morgan fingerprint density at radius 1 is 1.14 bits per heavy atom. The minimum Gasteiger partial charge on any atom is -0.465 e. The van der Waals surface area contributed by atoms with Gasteiger partial charge >= 0.3 is 11.9 Å². The molecule has 29 heavy (non-hydrogen) atoms. The summed E-state index contributed by atoms with van der Waals surface area (Å²) >= 11 is 1.37. The van der Waals surface area contributed by atoms with Crippen LogP contribution in [0.5, 0.6) is 0 Å². The molecule has 0 bridgehead atoms. The van der Waals surface area contributed by atoms with Crippen molar-refractivity contribution in [1.82, 2.24) is 0 Å². The van der Waals surface area contributed by atoms with E-state index in [0.717, 1.165) is 29.7 Å². The molecule has 0 saturated carbocycles. The SMILES string of the molecule is COC(=O)c1ccoc1COC(=O)c1c(NC(=O)c2ccco2)sc2c1CCC2. The molecule has 0 fully saturated rings. The molecule has 0 spiro atoms. The molecule has 150 valence electrons. The van der Waals surface area contributed by atoms with E-state index >= 15 is 0 Å². The second-order valence-corrected chi connectivity index (χ2v) is 7.42. The average molecular weight is 415 g/mol. The summed E-state index contributed by atoms with van der Waals surface area (Å²) in [6.45, 7) is -0.230. The van der Waals surface area contributed by atoms with E-state index in [9.17, 15) is 14.4 Å². The number of fused-ring (bicyclic) bond motifs is 1. The van der Waals surface area contributed by atoms with E-state index in [4.69, 9.17) is 13.6 Å². The van der Waals surface area contributed by atoms with Crippen LogP contribution in [0, 0.1) is 0 Å². The number of carbonyl (C=O) groups excluding carboxylic acids is 3. The third-order valence-corrected chi connectivity index (χ3v) is 5.79. The number of ether oxygens (including phenoxy) is 2. The fourth-order valence-electron chi connectivity index (χ4n) is 3.23. The number of carbonyl (C=O) groups is 3. The predicted octanol–water partition coefficient (Wildman–Crippen LogP) is 3.82. The molecule has 8 nitrogen and oxygen atoms in total. The summed E-state index contributed by atoms with van der Waals surface area (Å²) in [5.41, 5.74) is 1.43. The fraction of sp³-hybridized carbons (Fsp3) is 0.250. The summed E-state index contributed by atoms with van der Waals surface area (Å²) < 4.78 is 20.4. The molecule has 0 aliphatic heterocycles. The van der Waals surface area contributed by atoms with Crippen LogP contribution in [0.4, 0.5) is 5.00 Å². The van der Waals surface area contributed by atoms with Gasteiger partial charge in [-0.1, -0.05) is 0 Å². The van der Waals surface area contributed by atoms with Crippen molar-refractivity contribution in [3.63, 3.8) is 0 Å². The Labute approximate surface area is 169 Å². The number of hydrogen-bond donors (Lipinski definition) is 1. The van der Waals surface area contributed by atoms with Crippen LogP contribution in [-0.2, 0) is 28.9 Å². The third kappa shape index (κ3) is 3.68. The number of methoxy groups -OCH3 is 1. The molecule has 0 saturated heterocycles. The summed E-state index contributed by atoms with van der Waals surface area (Å²) in [5.74, 6) is -1.27. The Morgan fingerprint density at radius 2 is 2.00 bits per heavy atom. The topological polar surface area (TPSA) is 108 Å². The van der Waals surface area contributed by atoms with Gasteiger partial charge in [0.25, 0.3) is 5.91 Å². The molecule has 4 rings (SSSR count). The average Bonchev–Trinajstić information content (AvgIpc) is 3.49. The second-order valence-electron chi connectivity index (χ2n) is 6.32. The van der Waals surface area contributed by atoms with Gasteiger partial charge in [-0.05, 0) is 43.0 Å². The molecule has 9 heteroatoms. The number of rotatable bonds is 6. The monoisotopic (exact) mass is 415 g/mol. The van der Waals surface area contributed by atoms with Gasteiger partial charge in [0.15, 0.2) is 18.1 Å². The molecule has 0 unspecified atom stereocenters. The number of thiophene rings is 1. The van der Waals surface area contributed by atoms with Gasteiger partial charge in [-0.2, -0.15) is 0 Å². The Morgan fingerprint density at radius 3 is 2.76 bits per heavy atom. The van der Waals surface area contributed by atoms with E-state index in [1.165, 1.54) is 37.0 Å². The van der Waals surface area contributed by atoms with E-state index in [1.54, 1.807) is 12.1 Å². The predicted molar refractivity (Wildman–Crippen MR) is 102 cm³/mol. The lowest BCUT2D eigenvalue weighted by molar-refractivity contribution is 0.0433. The van der Waals surface area contributed by atoms with Crippen molar-refractivity contribution >= 4 is 34.2 Å². The number of esters is 2. The number of furan rings is 2. The first-order valence-electron chi connectivity index (χ1n) is 8.89. The molecule has 1 amide bonds. The molecule has 3 heterocycles. The summed E-state index contributed by atoms with van der Waals surface area (Å²) in [4.78, 5) is 38.0. The Balaban J connectivity index is 1.54. The van der Waals surface area contributed by atoms with Crippen LogP contribution in [-0.4, -0.2) is 25.0 Å². The van der Waals surface area contributed by atoms with Crippen molar-refractivity contribution in [3.8, 4) is 0 Å². The largest absolute Gasteiger partial charge is 0.465 e. The van der Waals surface area contributed by atoms with Crippen LogP contribution in [0.25, 0.3) is 0 Å². The zero-order chi connectivity index (χ0) is 20.4. The lowest BCUT2D eigenvalue weighted by atomic mass is 10.1. The molecule has 3 aromatic rings. The van der Waals surface area contributed by atoms with Crippen molar-refractivity contribution in [1.29, 1.82) is 0 Å². The van der Waals surface area contributed by atoms with E-state index in [2.05, 4.69) is 10.1 Å². The van der Waals surface area contributed by atoms with Crippen molar-refractivity contribution in [2.75, 3.05) is 12.4 Å². The highest BCUT2D eigenvalue weighted by atomic mass is 32.1. The van der Waals surface area contributed by atoms with E-state index < -0.39 is 17.8 Å². The number of hydrogen-bond acceptors (Lipinski definition) is 8. The highest BCUT2D eigenvalue weighted by Crippen LogP contribution is 2.39. The van der Waals surface area contributed by atoms with Gasteiger partial charge in [0, 0.05) is 4.88 Å². The van der Waals surface area contributed by atoms with Gasteiger partial charge in [0.05, 0.1) is 25.2 Å². The molecule has 1 N–H and O–H groups in total. The molecule has 0 radical (unpaired) electrons. The Hall–Kier alpha value is -3.33. The maximum atomic E-state index is 12.9. The number of amides is 1. The molecule has 3 aromatic heterocycles. The van der Waals surface area contributed by atoms with Gasteiger partial charge in [-0.25, -0.2) is 9.59 Å². The van der Waals surface area contributed by atoms with Crippen LogP contribution in [0.2, 0.25) is 0 Å². The lowest BCUT2D eigenvalue weighted by Crippen LogP contribution is -2.15. The number of nitrogens with one attached hydrogen (secondary N) is 1. The minimum absolute atomic E-state index is 0.149. The van der Waals surface area contributed by atoms with E-state index in [0.29, 0.717) is 10.6 Å². The maximum Gasteiger partial charge on any atom is 0.341 e. The van der Waals surface area contributed by atoms with Crippen LogP contribution in [0.15, 0.2) is 39.6 Å². The third-order valence-electron chi connectivity index (χ3n) is 4.58. The van der Waals surface area contributed by atoms with Gasteiger partial charge in [0.1, 0.15) is 10.6 Å². The van der Waals surface area contributed by atoms with Crippen LogP contribution >= 0.6 is 11.3 Å². The van der Waals surface area contributed by atoms with Crippen LogP contribution in [0.1, 0.15) is 53.9 Å². The molecule has 1 aliphatic rings. The molecular weight excluding hydrogens is 398 g/mol. The van der Waals surface area contributed by atoms with Crippen molar-refractivity contribution in [3.05, 3.63) is 63.8 Å². The summed E-state index contributed by atoms with van der Waals surface area (Å²) in [5, 5.41) is 3.17. The first-order chi connectivity index (χ1) is 14.1. The summed E-state index contributed by atoms with van der Waals surface area (Å²) in [7, 11) is 1.26. The van der Waals surface area contributed by atoms with Gasteiger partial charge in [0.2, 0.25) is 0 Å².